The minimum absolute atomic E-state index is 0.322. The van der Waals surface area contributed by atoms with Crippen molar-refractivity contribution in [3.63, 3.8) is 0 Å². The van der Waals surface area contributed by atoms with Gasteiger partial charge >= 0.3 is 0 Å². The lowest BCUT2D eigenvalue weighted by Crippen LogP contribution is -2.02. The van der Waals surface area contributed by atoms with Crippen molar-refractivity contribution >= 4 is 9.84 Å². The summed E-state index contributed by atoms with van der Waals surface area (Å²) in [5, 5.41) is 0. The molecule has 12 heavy (non-hydrogen) atoms. The highest BCUT2D eigenvalue weighted by molar-refractivity contribution is 7.90. The van der Waals surface area contributed by atoms with E-state index in [1.165, 1.54) is 6.26 Å². The van der Waals surface area contributed by atoms with Crippen LogP contribution in [0.5, 0.6) is 0 Å². The van der Waals surface area contributed by atoms with E-state index in [4.69, 9.17) is 0 Å². The van der Waals surface area contributed by atoms with Gasteiger partial charge < -0.3 is 0 Å². The number of aromatic nitrogens is 1. The Morgan fingerprint density at radius 2 is 1.92 bits per heavy atom. The van der Waals surface area contributed by atoms with E-state index in [0.717, 1.165) is 5.56 Å². The molecule has 0 aliphatic carbocycles. The van der Waals surface area contributed by atoms with Crippen molar-refractivity contribution < 1.29 is 8.42 Å². The van der Waals surface area contributed by atoms with E-state index in [1.54, 1.807) is 19.2 Å². The van der Waals surface area contributed by atoms with Gasteiger partial charge in [-0.15, -0.1) is 0 Å². The summed E-state index contributed by atoms with van der Waals surface area (Å²) in [7, 11) is -3.12. The van der Waals surface area contributed by atoms with Crippen LogP contribution in [0.2, 0.25) is 0 Å². The molecule has 0 saturated heterocycles. The van der Waals surface area contributed by atoms with Crippen LogP contribution in [0.15, 0.2) is 17.2 Å². The molecule has 0 radical (unpaired) electrons. The van der Waals surface area contributed by atoms with Crippen LogP contribution in [0.25, 0.3) is 0 Å². The maximum Gasteiger partial charge on any atom is 0.177 e. The largest absolute Gasteiger partial charge is 0.260 e. The summed E-state index contributed by atoms with van der Waals surface area (Å²) in [6.07, 6.45) is 2.85. The first kappa shape index (κ1) is 9.19. The number of hydrogen-bond acceptors (Lipinski definition) is 3. The lowest BCUT2D eigenvalue weighted by atomic mass is 10.3. The Balaban J connectivity index is 3.43. The fourth-order valence-electron chi connectivity index (χ4n) is 0.986. The minimum Gasteiger partial charge on any atom is -0.260 e. The van der Waals surface area contributed by atoms with Crippen molar-refractivity contribution in [2.75, 3.05) is 6.26 Å². The zero-order valence-corrected chi connectivity index (χ0v) is 8.14. The van der Waals surface area contributed by atoms with Crippen molar-refractivity contribution in [3.05, 3.63) is 23.5 Å². The van der Waals surface area contributed by atoms with Gasteiger partial charge in [-0.05, 0) is 25.5 Å². The Labute approximate surface area is 72.4 Å². The molecular formula is C8H11NO2S. The average molecular weight is 185 g/mol. The molecule has 4 heteroatoms. The SMILES string of the molecule is Cc1cnc(C)c(S(C)(=O)=O)c1. The minimum atomic E-state index is -3.12. The van der Waals surface area contributed by atoms with Gasteiger partial charge in [0.15, 0.2) is 9.84 Å². The molecule has 0 atom stereocenters. The Morgan fingerprint density at radius 3 is 2.33 bits per heavy atom. The highest BCUT2D eigenvalue weighted by Crippen LogP contribution is 2.13. The van der Waals surface area contributed by atoms with Gasteiger partial charge in [-0.3, -0.25) is 4.98 Å². The molecule has 1 rings (SSSR count). The summed E-state index contributed by atoms with van der Waals surface area (Å²) in [5.41, 5.74) is 1.42. The molecule has 0 unspecified atom stereocenters. The van der Waals surface area contributed by atoms with Crippen LogP contribution in [0, 0.1) is 13.8 Å². The molecule has 0 spiro atoms. The van der Waals surface area contributed by atoms with Gasteiger partial charge in [-0.2, -0.15) is 0 Å². The molecule has 0 bridgehead atoms. The van der Waals surface area contributed by atoms with Crippen molar-refractivity contribution in [3.8, 4) is 0 Å². The fourth-order valence-corrected chi connectivity index (χ4v) is 1.98. The zero-order chi connectivity index (χ0) is 9.35. The lowest BCUT2D eigenvalue weighted by Gasteiger charge is -2.02. The molecule has 0 N–H and O–H groups in total. The number of rotatable bonds is 1. The summed E-state index contributed by atoms with van der Waals surface area (Å²) in [6, 6.07) is 1.64. The number of pyridine rings is 1. The predicted octanol–water partition coefficient (Wildman–Crippen LogP) is 1.10. The molecule has 0 aliphatic heterocycles. The second kappa shape index (κ2) is 2.86. The number of nitrogens with zero attached hydrogens (tertiary/aromatic N) is 1. The van der Waals surface area contributed by atoms with E-state index >= 15 is 0 Å². The molecule has 0 aromatic carbocycles. The van der Waals surface area contributed by atoms with Gasteiger partial charge in [0.05, 0.1) is 10.6 Å². The third kappa shape index (κ3) is 1.82. The Bertz CT molecular complexity index is 396. The van der Waals surface area contributed by atoms with Crippen LogP contribution in [0.4, 0.5) is 0 Å². The van der Waals surface area contributed by atoms with E-state index in [-0.39, 0.29) is 0 Å². The van der Waals surface area contributed by atoms with Gasteiger partial charge in [0.2, 0.25) is 0 Å². The summed E-state index contributed by atoms with van der Waals surface area (Å²) in [6.45, 7) is 3.51. The third-order valence-corrected chi connectivity index (χ3v) is 2.79. The molecule has 1 aromatic heterocycles. The first-order valence-corrected chi connectivity index (χ1v) is 5.43. The van der Waals surface area contributed by atoms with Crippen LogP contribution in [-0.4, -0.2) is 19.7 Å². The standard InChI is InChI=1S/C8H11NO2S/c1-6-4-8(12(3,10)11)7(2)9-5-6/h4-5H,1-3H3. The van der Waals surface area contributed by atoms with Gasteiger partial charge in [-0.25, -0.2) is 8.42 Å². The van der Waals surface area contributed by atoms with Crippen LogP contribution in [-0.2, 0) is 9.84 Å². The zero-order valence-electron chi connectivity index (χ0n) is 7.33. The summed E-state index contributed by atoms with van der Waals surface area (Å²) in [4.78, 5) is 4.29. The highest BCUT2D eigenvalue weighted by atomic mass is 32.2. The van der Waals surface area contributed by atoms with E-state index in [2.05, 4.69) is 4.98 Å². The van der Waals surface area contributed by atoms with Crippen molar-refractivity contribution in [1.82, 2.24) is 4.98 Å². The molecule has 66 valence electrons. The quantitative estimate of drug-likeness (QED) is 0.658. The summed E-state index contributed by atoms with van der Waals surface area (Å²) < 4.78 is 22.3. The van der Waals surface area contributed by atoms with Gasteiger partial charge in [0.1, 0.15) is 0 Å². The average Bonchev–Trinajstić information content (AvgIpc) is 1.92. The Morgan fingerprint density at radius 1 is 1.33 bits per heavy atom. The molecule has 0 amide bonds. The smallest absolute Gasteiger partial charge is 0.177 e. The topological polar surface area (TPSA) is 47.0 Å². The molecule has 0 saturated carbocycles. The third-order valence-electron chi connectivity index (χ3n) is 1.58. The maximum atomic E-state index is 11.2. The van der Waals surface area contributed by atoms with Crippen LogP contribution in [0.3, 0.4) is 0 Å². The van der Waals surface area contributed by atoms with Crippen molar-refractivity contribution in [2.45, 2.75) is 18.7 Å². The van der Waals surface area contributed by atoms with E-state index in [9.17, 15) is 8.42 Å². The number of sulfone groups is 1. The highest BCUT2D eigenvalue weighted by Gasteiger charge is 2.10. The maximum absolute atomic E-state index is 11.2. The van der Waals surface area contributed by atoms with Crippen LogP contribution < -0.4 is 0 Å². The van der Waals surface area contributed by atoms with E-state index < -0.39 is 9.84 Å². The van der Waals surface area contributed by atoms with Crippen LogP contribution in [0.1, 0.15) is 11.3 Å². The molecular weight excluding hydrogens is 174 g/mol. The monoisotopic (exact) mass is 185 g/mol. The van der Waals surface area contributed by atoms with E-state index in [0.29, 0.717) is 10.6 Å². The Hall–Kier alpha value is -0.900. The predicted molar refractivity (Wildman–Crippen MR) is 46.8 cm³/mol. The molecule has 1 aromatic rings. The second-order valence-corrected chi connectivity index (χ2v) is 4.85. The molecule has 1 heterocycles. The first-order chi connectivity index (χ1) is 5.41. The lowest BCUT2D eigenvalue weighted by molar-refractivity contribution is 0.600. The van der Waals surface area contributed by atoms with E-state index in [1.807, 2.05) is 6.92 Å². The fraction of sp³-hybridized carbons (Fsp3) is 0.375. The number of hydrogen-bond donors (Lipinski definition) is 0. The second-order valence-electron chi connectivity index (χ2n) is 2.87. The van der Waals surface area contributed by atoms with Crippen molar-refractivity contribution in [1.29, 1.82) is 0 Å². The molecule has 0 fully saturated rings. The summed E-state index contributed by atoms with van der Waals surface area (Å²) in [5.74, 6) is 0. The Kier molecular flexibility index (Phi) is 2.19. The molecule has 3 nitrogen and oxygen atoms in total. The van der Waals surface area contributed by atoms with Gasteiger partial charge in [0, 0.05) is 12.5 Å². The van der Waals surface area contributed by atoms with Gasteiger partial charge in [0.25, 0.3) is 0 Å². The molecule has 0 aliphatic rings. The van der Waals surface area contributed by atoms with Crippen LogP contribution >= 0.6 is 0 Å². The summed E-state index contributed by atoms with van der Waals surface area (Å²) >= 11 is 0. The first-order valence-electron chi connectivity index (χ1n) is 3.54. The van der Waals surface area contributed by atoms with Gasteiger partial charge in [-0.1, -0.05) is 0 Å². The number of aryl methyl sites for hydroxylation is 2. The van der Waals surface area contributed by atoms with Crippen molar-refractivity contribution in [2.24, 2.45) is 0 Å². The normalized spacial score (nSPS) is 11.6.